The van der Waals surface area contributed by atoms with Gasteiger partial charge in [0.05, 0.1) is 5.41 Å². The third kappa shape index (κ3) is 0.508. The first-order chi connectivity index (χ1) is 4.84. The minimum atomic E-state index is -0.580. The van der Waals surface area contributed by atoms with Crippen LogP contribution >= 0.6 is 0 Å². The summed E-state index contributed by atoms with van der Waals surface area (Å²) in [5.74, 6) is 0. The second-order valence-corrected chi connectivity index (χ2v) is 3.22. The number of halogens is 1. The van der Waals surface area contributed by atoms with E-state index in [1.807, 2.05) is 18.2 Å². The van der Waals surface area contributed by atoms with Crippen molar-refractivity contribution >= 4 is 0 Å². The Kier molecular flexibility index (Phi) is 1.01. The number of rotatable bonds is 0. The van der Waals surface area contributed by atoms with Crippen molar-refractivity contribution in [3.63, 3.8) is 0 Å². The van der Waals surface area contributed by atoms with Gasteiger partial charge in [0.1, 0.15) is 6.17 Å². The average Bonchev–Trinajstić information content (AvgIpc) is 2.66. The molecule has 0 saturated heterocycles. The van der Waals surface area contributed by atoms with Crippen molar-refractivity contribution in [1.29, 1.82) is 0 Å². The molecule has 3 aliphatic rings. The molecule has 0 heterocycles. The Bertz CT molecular complexity index is 287. The van der Waals surface area contributed by atoms with Crippen molar-refractivity contribution in [3.05, 3.63) is 35.5 Å². The van der Waals surface area contributed by atoms with Crippen molar-refractivity contribution in [2.75, 3.05) is 0 Å². The Hall–Kier alpha value is -0.890. The fourth-order valence-electron chi connectivity index (χ4n) is 1.98. The van der Waals surface area contributed by atoms with Crippen LogP contribution in [0, 0.1) is 5.41 Å². The summed E-state index contributed by atoms with van der Waals surface area (Å²) >= 11 is 0. The summed E-state index contributed by atoms with van der Waals surface area (Å²) in [7, 11) is 0. The zero-order valence-corrected chi connectivity index (χ0v) is 6.18. The van der Waals surface area contributed by atoms with Gasteiger partial charge in [-0.25, -0.2) is 4.39 Å². The van der Waals surface area contributed by atoms with Gasteiger partial charge in [-0.05, 0) is 17.6 Å². The molecule has 0 aromatic rings. The Morgan fingerprint density at radius 1 is 1.45 bits per heavy atom. The molecule has 0 aromatic carbocycles. The molecule has 1 nitrogen and oxygen atoms in total. The van der Waals surface area contributed by atoms with E-state index in [1.54, 1.807) is 0 Å². The molecule has 0 aliphatic heterocycles. The molecule has 1 fully saturated rings. The van der Waals surface area contributed by atoms with E-state index >= 15 is 0 Å². The fourth-order valence-corrected chi connectivity index (χ4v) is 1.98. The highest BCUT2D eigenvalue weighted by atomic mass is 19.1. The van der Waals surface area contributed by atoms with Gasteiger partial charge in [0.25, 0.3) is 0 Å². The van der Waals surface area contributed by atoms with Gasteiger partial charge in [0.2, 0.25) is 0 Å². The van der Waals surface area contributed by atoms with Crippen LogP contribution in [0.3, 0.4) is 0 Å². The summed E-state index contributed by atoms with van der Waals surface area (Å²) in [6.45, 7) is 0. The van der Waals surface area contributed by atoms with Crippen LogP contribution < -0.4 is 6.15 Å². The van der Waals surface area contributed by atoms with Crippen LogP contribution in [-0.4, -0.2) is 6.17 Å². The Labute approximate surface area is 64.9 Å². The lowest BCUT2D eigenvalue weighted by molar-refractivity contribution is 0.415. The van der Waals surface area contributed by atoms with Crippen LogP contribution in [0.1, 0.15) is 6.42 Å². The smallest absolute Gasteiger partial charge is 0.115 e. The molecule has 3 aliphatic carbocycles. The quantitative estimate of drug-likeness (QED) is 0.566. The van der Waals surface area contributed by atoms with Crippen LogP contribution in [0.4, 0.5) is 4.39 Å². The van der Waals surface area contributed by atoms with Gasteiger partial charge in [0, 0.05) is 0 Å². The second-order valence-electron chi connectivity index (χ2n) is 3.22. The maximum absolute atomic E-state index is 12.8. The predicted molar refractivity (Wildman–Crippen MR) is 42.3 cm³/mol. The van der Waals surface area contributed by atoms with Crippen LogP contribution in [0.5, 0.6) is 0 Å². The first-order valence-corrected chi connectivity index (χ1v) is 3.59. The Morgan fingerprint density at radius 3 is 2.45 bits per heavy atom. The molecule has 0 amide bonds. The lowest BCUT2D eigenvalue weighted by Crippen LogP contribution is -2.21. The van der Waals surface area contributed by atoms with Crippen molar-refractivity contribution in [2.45, 2.75) is 12.6 Å². The number of alkyl halides is 1. The summed E-state index contributed by atoms with van der Waals surface area (Å²) in [4.78, 5) is 0. The molecule has 3 rings (SSSR count). The lowest BCUT2D eigenvalue weighted by Gasteiger charge is -2.31. The minimum absolute atomic E-state index is 0. The maximum Gasteiger partial charge on any atom is 0.115 e. The predicted octanol–water partition coefficient (Wildman–Crippen LogP) is 2.31. The van der Waals surface area contributed by atoms with Gasteiger partial charge in [-0.3, -0.25) is 0 Å². The molecule has 2 atom stereocenters. The third-order valence-electron chi connectivity index (χ3n) is 2.77. The van der Waals surface area contributed by atoms with Crippen molar-refractivity contribution in [3.8, 4) is 0 Å². The normalized spacial score (nSPS) is 42.1. The van der Waals surface area contributed by atoms with E-state index in [1.165, 1.54) is 11.1 Å². The first-order valence-electron chi connectivity index (χ1n) is 3.59. The number of allylic oxidation sites excluding steroid dienone is 6. The van der Waals surface area contributed by atoms with E-state index in [0.29, 0.717) is 0 Å². The first kappa shape index (κ1) is 6.80. The Balaban J connectivity index is 0.000000480. The molecule has 2 unspecified atom stereocenters. The van der Waals surface area contributed by atoms with Crippen LogP contribution in [0.15, 0.2) is 35.5 Å². The molecule has 2 bridgehead atoms. The standard InChI is InChI=1S/C9H7F.H3N/c10-8-5-9(8)6-2-1-3-7(9)4-6;/h1-4,8H,5H2;1H3. The van der Waals surface area contributed by atoms with Crippen LogP contribution in [-0.2, 0) is 0 Å². The van der Waals surface area contributed by atoms with E-state index < -0.39 is 6.17 Å². The summed E-state index contributed by atoms with van der Waals surface area (Å²) in [6.07, 6.45) is 8.28. The van der Waals surface area contributed by atoms with E-state index in [0.717, 1.165) is 6.42 Å². The zero-order valence-electron chi connectivity index (χ0n) is 6.18. The van der Waals surface area contributed by atoms with E-state index in [-0.39, 0.29) is 11.6 Å². The molecular weight excluding hydrogens is 141 g/mol. The van der Waals surface area contributed by atoms with E-state index in [9.17, 15) is 4.39 Å². The van der Waals surface area contributed by atoms with E-state index in [4.69, 9.17) is 0 Å². The summed E-state index contributed by atoms with van der Waals surface area (Å²) in [5.41, 5.74) is 2.32. The zero-order chi connectivity index (χ0) is 6.77. The highest BCUT2D eigenvalue weighted by Gasteiger charge is 2.63. The molecule has 11 heavy (non-hydrogen) atoms. The average molecular weight is 151 g/mol. The number of hydrogen-bond donors (Lipinski definition) is 1. The maximum atomic E-state index is 12.8. The molecule has 1 saturated carbocycles. The van der Waals surface area contributed by atoms with Crippen LogP contribution in [0.2, 0.25) is 0 Å². The number of hydrogen-bond acceptors (Lipinski definition) is 1. The molecule has 1 spiro atoms. The summed E-state index contributed by atoms with van der Waals surface area (Å²) < 4.78 is 12.8. The van der Waals surface area contributed by atoms with E-state index in [2.05, 4.69) is 6.08 Å². The molecule has 3 N–H and O–H groups in total. The molecule has 0 radical (unpaired) electrons. The van der Waals surface area contributed by atoms with Crippen molar-refractivity contribution in [2.24, 2.45) is 5.41 Å². The second kappa shape index (κ2) is 1.64. The van der Waals surface area contributed by atoms with Crippen molar-refractivity contribution in [1.82, 2.24) is 6.15 Å². The van der Waals surface area contributed by atoms with Gasteiger partial charge >= 0.3 is 0 Å². The lowest BCUT2D eigenvalue weighted by atomic mass is 9.73. The summed E-state index contributed by atoms with van der Waals surface area (Å²) in [5, 5.41) is 0. The fraction of sp³-hybridized carbons (Fsp3) is 0.333. The topological polar surface area (TPSA) is 35.0 Å². The third-order valence-corrected chi connectivity index (χ3v) is 2.77. The minimum Gasteiger partial charge on any atom is -0.344 e. The Morgan fingerprint density at radius 2 is 2.18 bits per heavy atom. The molecule has 2 heteroatoms. The van der Waals surface area contributed by atoms with Gasteiger partial charge < -0.3 is 6.15 Å². The van der Waals surface area contributed by atoms with Gasteiger partial charge in [0.15, 0.2) is 0 Å². The summed E-state index contributed by atoms with van der Waals surface area (Å²) in [6, 6.07) is 0. The monoisotopic (exact) mass is 151 g/mol. The largest absolute Gasteiger partial charge is 0.344 e. The van der Waals surface area contributed by atoms with Gasteiger partial charge in [-0.2, -0.15) is 0 Å². The highest BCUT2D eigenvalue weighted by molar-refractivity contribution is 5.64. The molecule has 0 aromatic heterocycles. The van der Waals surface area contributed by atoms with Crippen molar-refractivity contribution < 1.29 is 4.39 Å². The molecular formula is C9H10FN. The van der Waals surface area contributed by atoms with Gasteiger partial charge in [-0.15, -0.1) is 0 Å². The molecule has 58 valence electrons. The van der Waals surface area contributed by atoms with Crippen LogP contribution in [0.25, 0.3) is 0 Å². The van der Waals surface area contributed by atoms with Gasteiger partial charge in [-0.1, -0.05) is 24.3 Å². The highest BCUT2D eigenvalue weighted by Crippen LogP contribution is 2.67. The SMILES string of the molecule is FC1CC12C1=CC=CC2=C1.N.